The van der Waals surface area contributed by atoms with Gasteiger partial charge >= 0.3 is 0 Å². The quantitative estimate of drug-likeness (QED) is 0.631. The van der Waals surface area contributed by atoms with E-state index in [-0.39, 0.29) is 18.3 Å². The van der Waals surface area contributed by atoms with Gasteiger partial charge in [-0.25, -0.2) is 0 Å². The molecule has 0 aliphatic carbocycles. The van der Waals surface area contributed by atoms with Crippen molar-refractivity contribution in [1.82, 2.24) is 10.2 Å². The number of piperidine rings is 1. The van der Waals surface area contributed by atoms with Crippen LogP contribution in [0, 0.1) is 5.92 Å². The molecule has 0 spiro atoms. The fourth-order valence-corrected chi connectivity index (χ4v) is 3.38. The summed E-state index contributed by atoms with van der Waals surface area (Å²) >= 11 is 0. The summed E-state index contributed by atoms with van der Waals surface area (Å²) in [6.45, 7) is 13.0. The van der Waals surface area contributed by atoms with Crippen LogP contribution in [0.4, 0.5) is 0 Å². The Morgan fingerprint density at radius 3 is 2.00 bits per heavy atom. The highest BCUT2D eigenvalue weighted by Gasteiger charge is 2.25. The molecule has 1 N–H and O–H groups in total. The summed E-state index contributed by atoms with van der Waals surface area (Å²) in [4.78, 5) is 15.0. The van der Waals surface area contributed by atoms with E-state index in [1.54, 1.807) is 12.1 Å². The number of carbonyl (C=O) groups is 1. The molecule has 1 aromatic carbocycles. The van der Waals surface area contributed by atoms with E-state index in [1.807, 2.05) is 25.7 Å². The Morgan fingerprint density at radius 1 is 1.00 bits per heavy atom. The maximum absolute atomic E-state index is 13.1. The van der Waals surface area contributed by atoms with Crippen LogP contribution in [-0.2, 0) is 0 Å². The number of carbonyl (C=O) groups excluding carboxylic acids is 1. The first kappa shape index (κ1) is 24.4. The molecule has 1 aliphatic rings. The molecular weight excluding hydrogens is 380 g/mol. The van der Waals surface area contributed by atoms with E-state index in [0.29, 0.717) is 48.6 Å². The van der Waals surface area contributed by atoms with Crippen molar-refractivity contribution < 1.29 is 19.0 Å². The molecule has 0 unspecified atom stereocenters. The van der Waals surface area contributed by atoms with Crippen molar-refractivity contribution in [3.63, 3.8) is 0 Å². The molecule has 2 rings (SSSR count). The van der Waals surface area contributed by atoms with Gasteiger partial charge in [0.15, 0.2) is 11.5 Å². The molecule has 7 heteroatoms. The van der Waals surface area contributed by atoms with Crippen LogP contribution >= 0.6 is 12.4 Å². The Kier molecular flexibility index (Phi) is 11.1. The number of hydrogen-bond donors (Lipinski definition) is 1. The molecule has 1 aromatic rings. The molecule has 0 atom stereocenters. The molecule has 6 nitrogen and oxygen atoms in total. The molecule has 1 aliphatic heterocycles. The summed E-state index contributed by atoms with van der Waals surface area (Å²) in [6.07, 6.45) is 2.07. The van der Waals surface area contributed by atoms with E-state index < -0.39 is 0 Å². The number of amides is 1. The molecule has 0 aromatic heterocycles. The molecule has 1 fully saturated rings. The Bertz CT molecular complexity index is 577. The largest absolute Gasteiger partial charge is 0.490 e. The van der Waals surface area contributed by atoms with Crippen LogP contribution in [0.5, 0.6) is 17.2 Å². The summed E-state index contributed by atoms with van der Waals surface area (Å²) in [7, 11) is 0. The highest BCUT2D eigenvalue weighted by atomic mass is 35.5. The van der Waals surface area contributed by atoms with Gasteiger partial charge in [0.2, 0.25) is 5.75 Å². The summed E-state index contributed by atoms with van der Waals surface area (Å²) in [5, 5.41) is 3.40. The van der Waals surface area contributed by atoms with Crippen LogP contribution in [0.25, 0.3) is 0 Å². The van der Waals surface area contributed by atoms with E-state index in [9.17, 15) is 4.79 Å². The third-order valence-corrected chi connectivity index (χ3v) is 4.74. The SMILES string of the molecule is CCNCC1CCN(C(=O)c2cc(OCC)c(OCC)c(OCC)c2)CC1.Cl. The van der Waals surface area contributed by atoms with Gasteiger partial charge in [-0.2, -0.15) is 0 Å². The molecule has 160 valence electrons. The van der Waals surface area contributed by atoms with Crippen LogP contribution in [0.1, 0.15) is 50.9 Å². The first-order valence-corrected chi connectivity index (χ1v) is 10.2. The fourth-order valence-electron chi connectivity index (χ4n) is 3.38. The van der Waals surface area contributed by atoms with Gasteiger partial charge in [0, 0.05) is 18.7 Å². The van der Waals surface area contributed by atoms with Crippen LogP contribution in [-0.4, -0.2) is 56.8 Å². The molecule has 28 heavy (non-hydrogen) atoms. The molecule has 0 radical (unpaired) electrons. The summed E-state index contributed by atoms with van der Waals surface area (Å²) in [5.41, 5.74) is 0.593. The van der Waals surface area contributed by atoms with Crippen molar-refractivity contribution in [2.24, 2.45) is 5.92 Å². The van der Waals surface area contributed by atoms with E-state index in [4.69, 9.17) is 14.2 Å². The van der Waals surface area contributed by atoms with Gasteiger partial charge in [0.05, 0.1) is 19.8 Å². The number of ether oxygens (including phenoxy) is 3. The highest BCUT2D eigenvalue weighted by molar-refractivity contribution is 5.95. The Labute approximate surface area is 175 Å². The molecule has 0 bridgehead atoms. The van der Waals surface area contributed by atoms with Gasteiger partial charge in [-0.15, -0.1) is 12.4 Å². The van der Waals surface area contributed by atoms with E-state index in [0.717, 1.165) is 39.0 Å². The minimum Gasteiger partial charge on any atom is -0.490 e. The molecule has 1 heterocycles. The average Bonchev–Trinajstić information content (AvgIpc) is 2.69. The van der Waals surface area contributed by atoms with Crippen LogP contribution in [0.3, 0.4) is 0 Å². The Morgan fingerprint density at radius 2 is 1.54 bits per heavy atom. The van der Waals surface area contributed by atoms with Gasteiger partial charge in [-0.05, 0) is 64.8 Å². The maximum atomic E-state index is 13.1. The first-order chi connectivity index (χ1) is 13.1. The van der Waals surface area contributed by atoms with Crippen LogP contribution < -0.4 is 19.5 Å². The van der Waals surface area contributed by atoms with Crippen molar-refractivity contribution in [3.05, 3.63) is 17.7 Å². The van der Waals surface area contributed by atoms with E-state index in [2.05, 4.69) is 12.2 Å². The lowest BCUT2D eigenvalue weighted by Crippen LogP contribution is -2.40. The van der Waals surface area contributed by atoms with Gasteiger partial charge in [-0.3, -0.25) is 4.79 Å². The second-order valence-corrected chi connectivity index (χ2v) is 6.64. The lowest BCUT2D eigenvalue weighted by molar-refractivity contribution is 0.0689. The smallest absolute Gasteiger partial charge is 0.254 e. The predicted octanol–water partition coefficient (Wildman–Crippen LogP) is 3.77. The fraction of sp³-hybridized carbons (Fsp3) is 0.667. The van der Waals surface area contributed by atoms with Crippen LogP contribution in [0.2, 0.25) is 0 Å². The van der Waals surface area contributed by atoms with Gasteiger partial charge in [0.25, 0.3) is 5.91 Å². The number of rotatable bonds is 10. The monoisotopic (exact) mass is 414 g/mol. The zero-order valence-electron chi connectivity index (χ0n) is 17.6. The number of nitrogens with zero attached hydrogens (tertiary/aromatic N) is 1. The number of nitrogens with one attached hydrogen (secondary N) is 1. The number of benzene rings is 1. The summed E-state index contributed by atoms with van der Waals surface area (Å²) in [5.74, 6) is 2.38. The van der Waals surface area contributed by atoms with E-state index >= 15 is 0 Å². The second kappa shape index (κ2) is 12.7. The third-order valence-electron chi connectivity index (χ3n) is 4.74. The molecule has 1 amide bonds. The van der Waals surface area contributed by atoms with Gasteiger partial charge < -0.3 is 24.4 Å². The minimum absolute atomic E-state index is 0. The van der Waals surface area contributed by atoms with Crippen molar-refractivity contribution in [2.45, 2.75) is 40.5 Å². The lowest BCUT2D eigenvalue weighted by atomic mass is 9.96. The number of likely N-dealkylation sites (tertiary alicyclic amines) is 1. The maximum Gasteiger partial charge on any atom is 0.254 e. The Balaban J connectivity index is 0.00000392. The zero-order valence-corrected chi connectivity index (χ0v) is 18.4. The summed E-state index contributed by atoms with van der Waals surface area (Å²) < 4.78 is 17.2. The number of halogens is 1. The second-order valence-electron chi connectivity index (χ2n) is 6.64. The van der Waals surface area contributed by atoms with Crippen LogP contribution in [0.15, 0.2) is 12.1 Å². The van der Waals surface area contributed by atoms with Crippen molar-refractivity contribution in [2.75, 3.05) is 46.0 Å². The van der Waals surface area contributed by atoms with Crippen molar-refractivity contribution in [3.8, 4) is 17.2 Å². The van der Waals surface area contributed by atoms with Crippen molar-refractivity contribution >= 4 is 18.3 Å². The zero-order chi connectivity index (χ0) is 19.6. The first-order valence-electron chi connectivity index (χ1n) is 10.2. The van der Waals surface area contributed by atoms with E-state index in [1.165, 1.54) is 0 Å². The Hall–Kier alpha value is -1.66. The average molecular weight is 415 g/mol. The predicted molar refractivity (Wildman–Crippen MR) is 114 cm³/mol. The molecular formula is C21H35ClN2O4. The number of hydrogen-bond acceptors (Lipinski definition) is 5. The van der Waals surface area contributed by atoms with Gasteiger partial charge in [0.1, 0.15) is 0 Å². The molecule has 1 saturated heterocycles. The van der Waals surface area contributed by atoms with Gasteiger partial charge in [-0.1, -0.05) is 6.92 Å². The molecule has 0 saturated carbocycles. The third kappa shape index (κ3) is 6.45. The lowest BCUT2D eigenvalue weighted by Gasteiger charge is -2.32. The van der Waals surface area contributed by atoms with Crippen molar-refractivity contribution in [1.29, 1.82) is 0 Å². The minimum atomic E-state index is 0. The normalized spacial score (nSPS) is 14.4. The highest BCUT2D eigenvalue weighted by Crippen LogP contribution is 2.39. The standard InChI is InChI=1S/C21H34N2O4.ClH/c1-5-22-15-16-9-11-23(12-10-16)21(24)17-13-18(25-6-2)20(27-8-4)19(14-17)26-7-3;/h13-14,16,22H,5-12,15H2,1-4H3;1H. The topological polar surface area (TPSA) is 60.0 Å². The summed E-state index contributed by atoms with van der Waals surface area (Å²) in [6, 6.07) is 3.56.